The van der Waals surface area contributed by atoms with Gasteiger partial charge in [0.1, 0.15) is 5.76 Å². The van der Waals surface area contributed by atoms with Crippen molar-refractivity contribution in [3.63, 3.8) is 0 Å². The number of rotatable bonds is 4. The molecule has 0 saturated heterocycles. The average Bonchev–Trinajstić information content (AvgIpc) is 2.92. The Hall–Kier alpha value is -1.97. The monoisotopic (exact) mass is 247 g/mol. The molecule has 0 aliphatic rings. The van der Waals surface area contributed by atoms with Gasteiger partial charge < -0.3 is 13.7 Å². The average molecular weight is 247 g/mol. The highest BCUT2D eigenvalue weighted by Gasteiger charge is 2.12. The van der Waals surface area contributed by atoms with Crippen molar-refractivity contribution in [3.8, 4) is 0 Å². The quantitative estimate of drug-likeness (QED) is 0.780. The maximum absolute atomic E-state index is 11.5. The van der Waals surface area contributed by atoms with Crippen LogP contribution in [-0.4, -0.2) is 17.1 Å². The topological polar surface area (TPSA) is 44.4 Å². The second-order valence-electron chi connectivity index (χ2n) is 4.19. The van der Waals surface area contributed by atoms with E-state index in [0.29, 0.717) is 13.2 Å². The first-order valence-electron chi connectivity index (χ1n) is 6.00. The predicted molar refractivity (Wildman–Crippen MR) is 67.7 cm³/mol. The Morgan fingerprint density at radius 1 is 1.22 bits per heavy atom. The van der Waals surface area contributed by atoms with Gasteiger partial charge in [0.2, 0.25) is 5.76 Å². The van der Waals surface area contributed by atoms with E-state index in [0.717, 1.165) is 5.76 Å². The summed E-state index contributed by atoms with van der Waals surface area (Å²) in [5, 5.41) is 0. The van der Waals surface area contributed by atoms with E-state index in [1.165, 1.54) is 11.4 Å². The molecular formula is C14H17NO3. The zero-order valence-electron chi connectivity index (χ0n) is 10.9. The minimum absolute atomic E-state index is 0.259. The summed E-state index contributed by atoms with van der Waals surface area (Å²) >= 11 is 0. The van der Waals surface area contributed by atoms with Gasteiger partial charge in [-0.25, -0.2) is 4.79 Å². The Balaban J connectivity index is 2.14. The van der Waals surface area contributed by atoms with Gasteiger partial charge in [0.05, 0.1) is 13.2 Å². The van der Waals surface area contributed by atoms with Gasteiger partial charge in [-0.15, -0.1) is 0 Å². The fraction of sp³-hybridized carbons (Fsp3) is 0.357. The van der Waals surface area contributed by atoms with Crippen molar-refractivity contribution in [2.75, 3.05) is 6.61 Å². The Morgan fingerprint density at radius 2 is 1.89 bits per heavy atom. The highest BCUT2D eigenvalue weighted by atomic mass is 16.5. The van der Waals surface area contributed by atoms with Crippen molar-refractivity contribution in [2.45, 2.75) is 27.3 Å². The Morgan fingerprint density at radius 3 is 2.50 bits per heavy atom. The minimum Gasteiger partial charge on any atom is -0.460 e. The molecule has 0 unspecified atom stereocenters. The minimum atomic E-state index is -0.412. The lowest BCUT2D eigenvalue weighted by molar-refractivity contribution is 0.0488. The van der Waals surface area contributed by atoms with Crippen molar-refractivity contribution in [1.29, 1.82) is 0 Å². The molecule has 0 fully saturated rings. The van der Waals surface area contributed by atoms with Crippen LogP contribution in [0.15, 0.2) is 28.7 Å². The van der Waals surface area contributed by atoms with E-state index in [-0.39, 0.29) is 5.76 Å². The molecule has 4 nitrogen and oxygen atoms in total. The molecule has 0 aromatic carbocycles. The predicted octanol–water partition coefficient (Wildman–Crippen LogP) is 2.92. The van der Waals surface area contributed by atoms with Crippen LogP contribution in [0.4, 0.5) is 0 Å². The lowest BCUT2D eigenvalue weighted by Gasteiger charge is -2.06. The second-order valence-corrected chi connectivity index (χ2v) is 4.19. The summed E-state index contributed by atoms with van der Waals surface area (Å²) in [5.41, 5.74) is 2.34. The first-order valence-corrected chi connectivity index (χ1v) is 6.00. The molecule has 0 atom stereocenters. The number of carbonyl (C=O) groups is 1. The van der Waals surface area contributed by atoms with Crippen molar-refractivity contribution in [3.05, 3.63) is 47.2 Å². The van der Waals surface area contributed by atoms with E-state index in [2.05, 4.69) is 16.7 Å². The summed E-state index contributed by atoms with van der Waals surface area (Å²) in [6.45, 7) is 6.84. The number of furan rings is 1. The molecule has 0 radical (unpaired) electrons. The molecule has 0 aliphatic heterocycles. The maximum Gasteiger partial charge on any atom is 0.374 e. The van der Waals surface area contributed by atoms with Crippen LogP contribution in [0.1, 0.15) is 34.6 Å². The third-order valence-electron chi connectivity index (χ3n) is 2.87. The van der Waals surface area contributed by atoms with E-state index in [1.54, 1.807) is 13.0 Å². The molecule has 0 aliphatic carbocycles. The largest absolute Gasteiger partial charge is 0.460 e. The van der Waals surface area contributed by atoms with Crippen molar-refractivity contribution >= 4 is 5.97 Å². The Labute approximate surface area is 106 Å². The standard InChI is InChI=1S/C14H17NO3/c1-4-17-14(16)13-8-7-12(18-13)9-15-10(2)5-6-11(15)3/h5-8H,4,9H2,1-3H3. The summed E-state index contributed by atoms with van der Waals surface area (Å²) < 4.78 is 12.5. The first-order chi connectivity index (χ1) is 8.61. The lowest BCUT2D eigenvalue weighted by atomic mass is 10.4. The van der Waals surface area contributed by atoms with Crippen LogP contribution in [0.3, 0.4) is 0 Å². The van der Waals surface area contributed by atoms with E-state index in [1.807, 2.05) is 19.9 Å². The molecule has 0 spiro atoms. The fourth-order valence-electron chi connectivity index (χ4n) is 1.88. The zero-order chi connectivity index (χ0) is 13.1. The number of esters is 1. The second kappa shape index (κ2) is 5.12. The van der Waals surface area contributed by atoms with Crippen molar-refractivity contribution in [1.82, 2.24) is 4.57 Å². The number of hydrogen-bond acceptors (Lipinski definition) is 3. The molecule has 0 N–H and O–H groups in total. The van der Waals surface area contributed by atoms with E-state index in [9.17, 15) is 4.79 Å². The first kappa shape index (κ1) is 12.5. The van der Waals surface area contributed by atoms with E-state index in [4.69, 9.17) is 9.15 Å². The SMILES string of the molecule is CCOC(=O)c1ccc(Cn2c(C)ccc2C)o1. The van der Waals surface area contributed by atoms with Gasteiger partial charge in [-0.3, -0.25) is 0 Å². The van der Waals surface area contributed by atoms with E-state index < -0.39 is 5.97 Å². The van der Waals surface area contributed by atoms with Crippen LogP contribution >= 0.6 is 0 Å². The van der Waals surface area contributed by atoms with Crippen LogP contribution in [0.2, 0.25) is 0 Å². The van der Waals surface area contributed by atoms with Crippen molar-refractivity contribution in [2.24, 2.45) is 0 Å². The van der Waals surface area contributed by atoms with Crippen LogP contribution in [-0.2, 0) is 11.3 Å². The van der Waals surface area contributed by atoms with Gasteiger partial charge in [-0.2, -0.15) is 0 Å². The molecule has 2 heterocycles. The fourth-order valence-corrected chi connectivity index (χ4v) is 1.88. The third kappa shape index (κ3) is 2.47. The molecular weight excluding hydrogens is 230 g/mol. The van der Waals surface area contributed by atoms with Crippen LogP contribution in [0, 0.1) is 13.8 Å². The highest BCUT2D eigenvalue weighted by Crippen LogP contribution is 2.14. The summed E-state index contributed by atoms with van der Waals surface area (Å²) in [6.07, 6.45) is 0. The molecule has 0 amide bonds. The molecule has 0 bridgehead atoms. The van der Waals surface area contributed by atoms with Gasteiger partial charge in [-0.05, 0) is 45.0 Å². The van der Waals surface area contributed by atoms with Gasteiger partial charge in [-0.1, -0.05) is 0 Å². The van der Waals surface area contributed by atoms with Gasteiger partial charge in [0.15, 0.2) is 0 Å². The smallest absolute Gasteiger partial charge is 0.374 e. The highest BCUT2D eigenvalue weighted by molar-refractivity contribution is 5.86. The van der Waals surface area contributed by atoms with Gasteiger partial charge in [0, 0.05) is 11.4 Å². The molecule has 0 saturated carbocycles. The molecule has 2 rings (SSSR count). The zero-order valence-corrected chi connectivity index (χ0v) is 10.9. The normalized spacial score (nSPS) is 10.6. The Kier molecular flexibility index (Phi) is 3.55. The van der Waals surface area contributed by atoms with Crippen LogP contribution < -0.4 is 0 Å². The summed E-state index contributed by atoms with van der Waals surface area (Å²) in [5.74, 6) is 0.597. The summed E-state index contributed by atoms with van der Waals surface area (Å²) in [7, 11) is 0. The number of hydrogen-bond donors (Lipinski definition) is 0. The van der Waals surface area contributed by atoms with Crippen LogP contribution in [0.25, 0.3) is 0 Å². The lowest BCUT2D eigenvalue weighted by Crippen LogP contribution is -2.04. The number of ether oxygens (including phenoxy) is 1. The molecule has 96 valence electrons. The molecule has 2 aromatic heterocycles. The number of carbonyl (C=O) groups excluding carboxylic acids is 1. The van der Waals surface area contributed by atoms with Crippen molar-refractivity contribution < 1.29 is 13.9 Å². The molecule has 2 aromatic rings. The molecule has 18 heavy (non-hydrogen) atoms. The Bertz CT molecular complexity index is 532. The molecule has 4 heteroatoms. The summed E-state index contributed by atoms with van der Waals surface area (Å²) in [4.78, 5) is 11.5. The van der Waals surface area contributed by atoms with Crippen LogP contribution in [0.5, 0.6) is 0 Å². The summed E-state index contributed by atoms with van der Waals surface area (Å²) in [6, 6.07) is 7.59. The number of aryl methyl sites for hydroxylation is 2. The van der Waals surface area contributed by atoms with E-state index >= 15 is 0 Å². The van der Waals surface area contributed by atoms with Gasteiger partial charge >= 0.3 is 5.97 Å². The number of nitrogens with zero attached hydrogens (tertiary/aromatic N) is 1. The number of aromatic nitrogens is 1. The maximum atomic E-state index is 11.5. The third-order valence-corrected chi connectivity index (χ3v) is 2.87. The van der Waals surface area contributed by atoms with Gasteiger partial charge in [0.25, 0.3) is 0 Å².